The topological polar surface area (TPSA) is 159 Å². The standard InChI is InChI=1S/C46H57N7O6/c1-10-52-39-16-15-32-23-35(39)36(42(52)34-13-11-17-48-40(34)28(4)58-9)24-46(6,7)26-59-45(57)37-14-12-18-53(50-37)44(56)38(22-30-19-31(25-47)21-33(32)20-30)49-43(55)41(27(2)3)51(8)29(5)54/h11,13,15-17,19-21,23,27-28,37-38,41,50H,10,12,14,18,22,24,26H2,1-9H3,(H,49,55)/t28-,37-,38-,41?/m0/s1. The second-order valence-corrected chi connectivity index (χ2v) is 17.0. The predicted octanol–water partition coefficient (Wildman–Crippen LogP) is 6.12. The van der Waals surface area contributed by atoms with Crippen LogP contribution >= 0.6 is 0 Å². The van der Waals surface area contributed by atoms with E-state index in [2.05, 4.69) is 60.3 Å². The van der Waals surface area contributed by atoms with Gasteiger partial charge in [-0.2, -0.15) is 5.26 Å². The Kier molecular flexibility index (Phi) is 12.9. The fraction of sp³-hybridized carbons (Fsp3) is 0.478. The molecule has 2 aromatic heterocycles. The third-order valence-corrected chi connectivity index (χ3v) is 11.6. The van der Waals surface area contributed by atoms with Gasteiger partial charge in [-0.1, -0.05) is 39.8 Å². The van der Waals surface area contributed by atoms with Gasteiger partial charge in [0.2, 0.25) is 11.8 Å². The van der Waals surface area contributed by atoms with Crippen LogP contribution in [0.1, 0.15) is 89.8 Å². The SMILES string of the molecule is CCn1c(-c2cccnc2[C@H](C)OC)c2c3cc(ccc31)-c1cc(C#N)cc(c1)C[C@H](NC(=O)C(C(C)C)N(C)C(C)=O)C(=O)N1CCC[C@H](N1)C(=O)OCC(C)(C)C2. The van der Waals surface area contributed by atoms with Gasteiger partial charge in [-0.3, -0.25) is 29.2 Å². The molecule has 0 aliphatic carbocycles. The number of cyclic esters (lactones) is 1. The van der Waals surface area contributed by atoms with Crippen LogP contribution in [-0.2, 0) is 48.0 Å². The summed E-state index contributed by atoms with van der Waals surface area (Å²) in [7, 11) is 3.24. The van der Waals surface area contributed by atoms with Crippen molar-refractivity contribution in [1.29, 1.82) is 5.26 Å². The summed E-state index contributed by atoms with van der Waals surface area (Å²) in [5.74, 6) is -1.91. The van der Waals surface area contributed by atoms with Gasteiger partial charge < -0.3 is 24.3 Å². The quantitative estimate of drug-likeness (QED) is 0.200. The van der Waals surface area contributed by atoms with Gasteiger partial charge >= 0.3 is 5.97 Å². The van der Waals surface area contributed by atoms with E-state index >= 15 is 0 Å². The molecule has 1 fully saturated rings. The van der Waals surface area contributed by atoms with Crippen LogP contribution in [0.2, 0.25) is 0 Å². The molecule has 4 heterocycles. The number of hydrogen-bond acceptors (Lipinski definition) is 9. The first kappa shape index (κ1) is 43.0. The number of hydrazine groups is 1. The number of aryl methyl sites for hydroxylation is 1. The summed E-state index contributed by atoms with van der Waals surface area (Å²) in [6.07, 6.45) is 3.11. The van der Waals surface area contributed by atoms with E-state index in [1.54, 1.807) is 26.4 Å². The monoisotopic (exact) mass is 803 g/mol. The van der Waals surface area contributed by atoms with Crippen molar-refractivity contribution >= 4 is 34.6 Å². The number of nitrogens with zero attached hydrogens (tertiary/aromatic N) is 5. The van der Waals surface area contributed by atoms with E-state index in [0.29, 0.717) is 43.5 Å². The number of nitrogens with one attached hydrogen (secondary N) is 2. The number of esters is 1. The zero-order chi connectivity index (χ0) is 42.8. The fourth-order valence-electron chi connectivity index (χ4n) is 8.53. The molecule has 6 bridgehead atoms. The Morgan fingerprint density at radius 1 is 1.14 bits per heavy atom. The number of ether oxygens (including phenoxy) is 2. The molecule has 0 saturated carbocycles. The molecule has 2 N–H and O–H groups in total. The average Bonchev–Trinajstić information content (AvgIpc) is 3.52. The molecule has 59 heavy (non-hydrogen) atoms. The lowest BCUT2D eigenvalue weighted by molar-refractivity contribution is -0.155. The molecular weight excluding hydrogens is 747 g/mol. The maximum absolute atomic E-state index is 14.5. The first-order valence-electron chi connectivity index (χ1n) is 20.5. The first-order chi connectivity index (χ1) is 28.1. The molecular formula is C46H57N7O6. The van der Waals surface area contributed by atoms with Crippen LogP contribution in [0, 0.1) is 22.7 Å². The number of nitriles is 1. The van der Waals surface area contributed by atoms with Crippen LogP contribution in [0.5, 0.6) is 0 Å². The summed E-state index contributed by atoms with van der Waals surface area (Å²) in [6, 6.07) is 15.4. The predicted molar refractivity (Wildman–Crippen MR) is 225 cm³/mol. The van der Waals surface area contributed by atoms with Crippen molar-refractivity contribution in [2.24, 2.45) is 11.3 Å². The Hall–Kier alpha value is -5.58. The molecule has 13 heteroatoms. The Morgan fingerprint density at radius 2 is 1.90 bits per heavy atom. The number of carbonyl (C=O) groups is 4. The van der Waals surface area contributed by atoms with Crippen LogP contribution in [0.3, 0.4) is 0 Å². The number of fused-ring (bicyclic) bond motifs is 6. The zero-order valence-corrected chi connectivity index (χ0v) is 35.7. The summed E-state index contributed by atoms with van der Waals surface area (Å²) < 4.78 is 14.2. The summed E-state index contributed by atoms with van der Waals surface area (Å²) in [4.78, 5) is 60.9. The van der Waals surface area contributed by atoms with Crippen molar-refractivity contribution in [3.05, 3.63) is 77.1 Å². The minimum Gasteiger partial charge on any atom is -0.464 e. The van der Waals surface area contributed by atoms with E-state index in [1.807, 2.05) is 45.0 Å². The normalized spacial score (nSPS) is 19.4. The molecule has 13 nitrogen and oxygen atoms in total. The Balaban J connectivity index is 1.55. The summed E-state index contributed by atoms with van der Waals surface area (Å²) >= 11 is 0. The van der Waals surface area contributed by atoms with Gasteiger partial charge in [-0.25, -0.2) is 5.43 Å². The number of benzene rings is 2. The highest BCUT2D eigenvalue weighted by atomic mass is 16.5. The number of likely N-dealkylation sites (N-methyl/N-ethyl adjacent to an activating group) is 1. The molecule has 2 aliphatic rings. The van der Waals surface area contributed by atoms with Crippen molar-refractivity contribution in [1.82, 2.24) is 30.2 Å². The minimum atomic E-state index is -1.09. The van der Waals surface area contributed by atoms with Gasteiger partial charge in [0.1, 0.15) is 18.1 Å². The molecule has 1 unspecified atom stereocenters. The lowest BCUT2D eigenvalue weighted by Gasteiger charge is -2.36. The lowest BCUT2D eigenvalue weighted by atomic mass is 9.84. The molecule has 2 aliphatic heterocycles. The number of hydrogen-bond donors (Lipinski definition) is 2. The molecule has 4 aromatic rings. The van der Waals surface area contributed by atoms with Crippen molar-refractivity contribution in [2.45, 2.75) is 105 Å². The summed E-state index contributed by atoms with van der Waals surface area (Å²) in [5, 5.41) is 15.7. The highest BCUT2D eigenvalue weighted by molar-refractivity contribution is 5.96. The van der Waals surface area contributed by atoms with Gasteiger partial charge in [0, 0.05) is 68.7 Å². The Morgan fingerprint density at radius 3 is 2.58 bits per heavy atom. The highest BCUT2D eigenvalue weighted by Gasteiger charge is 2.37. The van der Waals surface area contributed by atoms with E-state index in [9.17, 15) is 24.4 Å². The van der Waals surface area contributed by atoms with Gasteiger partial charge in [0.05, 0.1) is 35.7 Å². The van der Waals surface area contributed by atoms with Crippen LogP contribution < -0.4 is 10.7 Å². The fourth-order valence-corrected chi connectivity index (χ4v) is 8.53. The Bertz CT molecular complexity index is 2290. The maximum atomic E-state index is 14.5. The number of rotatable bonds is 8. The van der Waals surface area contributed by atoms with Crippen molar-refractivity contribution in [3.8, 4) is 28.5 Å². The summed E-state index contributed by atoms with van der Waals surface area (Å²) in [5.41, 5.74) is 10.2. The largest absolute Gasteiger partial charge is 0.464 e. The van der Waals surface area contributed by atoms with Crippen LogP contribution in [0.25, 0.3) is 33.3 Å². The minimum absolute atomic E-state index is 0.0501. The van der Waals surface area contributed by atoms with Gasteiger partial charge in [-0.15, -0.1) is 0 Å². The van der Waals surface area contributed by atoms with E-state index in [4.69, 9.17) is 14.5 Å². The summed E-state index contributed by atoms with van der Waals surface area (Å²) in [6.45, 7) is 14.5. The first-order valence-corrected chi connectivity index (χ1v) is 20.5. The average molecular weight is 804 g/mol. The molecule has 3 amide bonds. The van der Waals surface area contributed by atoms with E-state index in [-0.39, 0.29) is 31.0 Å². The molecule has 2 aromatic carbocycles. The van der Waals surface area contributed by atoms with Gasteiger partial charge in [0.15, 0.2) is 0 Å². The van der Waals surface area contributed by atoms with E-state index in [0.717, 1.165) is 44.5 Å². The molecule has 6 rings (SSSR count). The molecule has 4 atom stereocenters. The third-order valence-electron chi connectivity index (χ3n) is 11.6. The number of carbonyl (C=O) groups excluding carboxylic acids is 4. The Labute approximate surface area is 347 Å². The second-order valence-electron chi connectivity index (χ2n) is 17.0. The van der Waals surface area contributed by atoms with Crippen molar-refractivity contribution in [3.63, 3.8) is 0 Å². The van der Waals surface area contributed by atoms with Crippen LogP contribution in [0.15, 0.2) is 54.7 Å². The van der Waals surface area contributed by atoms with E-state index < -0.39 is 41.3 Å². The molecule has 312 valence electrons. The number of methoxy groups -OCH3 is 1. The highest BCUT2D eigenvalue weighted by Crippen LogP contribution is 2.42. The smallest absolute Gasteiger partial charge is 0.324 e. The number of pyridine rings is 1. The number of aromatic nitrogens is 2. The zero-order valence-electron chi connectivity index (χ0n) is 35.7. The second kappa shape index (κ2) is 17.7. The van der Waals surface area contributed by atoms with Crippen molar-refractivity contribution in [2.75, 3.05) is 27.3 Å². The lowest BCUT2D eigenvalue weighted by Crippen LogP contribution is -2.62. The van der Waals surface area contributed by atoms with Crippen LogP contribution in [0.4, 0.5) is 0 Å². The molecule has 1 saturated heterocycles. The van der Waals surface area contributed by atoms with Gasteiger partial charge in [-0.05, 0) is 97.7 Å². The van der Waals surface area contributed by atoms with E-state index in [1.165, 1.54) is 16.8 Å². The molecule has 0 spiro atoms. The number of amides is 3. The van der Waals surface area contributed by atoms with Gasteiger partial charge in [0.25, 0.3) is 5.91 Å². The maximum Gasteiger partial charge on any atom is 0.324 e. The third kappa shape index (κ3) is 9.04. The van der Waals surface area contributed by atoms with Crippen molar-refractivity contribution < 1.29 is 28.7 Å². The van der Waals surface area contributed by atoms with Crippen LogP contribution in [-0.4, -0.2) is 88.6 Å². The molecule has 0 radical (unpaired) electrons.